The Morgan fingerprint density at radius 1 is 1.27 bits per heavy atom. The summed E-state index contributed by atoms with van der Waals surface area (Å²) in [6.45, 7) is 2.87. The Labute approximate surface area is 130 Å². The quantitative estimate of drug-likeness (QED) is 0.928. The average Bonchev–Trinajstić information content (AvgIpc) is 3.07. The van der Waals surface area contributed by atoms with E-state index >= 15 is 0 Å². The number of hydrogen-bond acceptors (Lipinski definition) is 3. The largest absolute Gasteiger partial charge is 0.376 e. The summed E-state index contributed by atoms with van der Waals surface area (Å²) >= 11 is 0. The van der Waals surface area contributed by atoms with Crippen molar-refractivity contribution in [2.45, 2.75) is 31.8 Å². The number of nitrogens with zero attached hydrogens (tertiary/aromatic N) is 1. The highest BCUT2D eigenvalue weighted by atomic mass is 19.1. The van der Waals surface area contributed by atoms with Crippen molar-refractivity contribution < 1.29 is 13.9 Å². The second kappa shape index (κ2) is 7.09. The normalized spacial score (nSPS) is 22.8. The molecule has 1 unspecified atom stereocenters. The maximum atomic E-state index is 13.8. The Hall–Kier alpha value is -1.62. The van der Waals surface area contributed by atoms with E-state index in [0.717, 1.165) is 45.4 Å². The number of para-hydroxylation sites is 1. The Morgan fingerprint density at radius 3 is 2.73 bits per heavy atom. The fourth-order valence-corrected chi connectivity index (χ4v) is 3.25. The van der Waals surface area contributed by atoms with E-state index in [0.29, 0.717) is 12.2 Å². The molecule has 2 heterocycles. The number of carbonyl (C=O) groups is 1. The molecule has 3 rings (SSSR count). The average molecular weight is 306 g/mol. The number of carbonyl (C=O) groups excluding carboxylic acids is 1. The van der Waals surface area contributed by atoms with Gasteiger partial charge in [-0.2, -0.15) is 0 Å². The van der Waals surface area contributed by atoms with E-state index in [1.54, 1.807) is 12.1 Å². The Kier molecular flexibility index (Phi) is 4.93. The first-order valence-electron chi connectivity index (χ1n) is 8.13. The zero-order valence-corrected chi connectivity index (χ0v) is 12.8. The summed E-state index contributed by atoms with van der Waals surface area (Å²) in [5.74, 6) is -0.0445. The van der Waals surface area contributed by atoms with E-state index in [4.69, 9.17) is 4.74 Å². The summed E-state index contributed by atoms with van der Waals surface area (Å²) in [7, 11) is 0. The van der Waals surface area contributed by atoms with Gasteiger partial charge in [-0.25, -0.2) is 4.39 Å². The number of nitrogens with one attached hydrogen (secondary N) is 1. The van der Waals surface area contributed by atoms with Crippen LogP contribution in [0.4, 0.5) is 10.1 Å². The number of rotatable bonds is 4. The van der Waals surface area contributed by atoms with Crippen LogP contribution < -0.4 is 10.2 Å². The number of piperidine rings is 1. The van der Waals surface area contributed by atoms with Crippen molar-refractivity contribution in [3.8, 4) is 0 Å². The topological polar surface area (TPSA) is 41.6 Å². The number of ether oxygens (including phenoxy) is 1. The van der Waals surface area contributed by atoms with Crippen molar-refractivity contribution in [3.63, 3.8) is 0 Å². The van der Waals surface area contributed by atoms with Crippen LogP contribution in [-0.4, -0.2) is 38.3 Å². The number of hydrogen-bond donors (Lipinski definition) is 1. The van der Waals surface area contributed by atoms with E-state index in [1.165, 1.54) is 6.07 Å². The molecule has 2 saturated heterocycles. The first kappa shape index (κ1) is 15.3. The molecule has 2 fully saturated rings. The molecule has 5 heteroatoms. The van der Waals surface area contributed by atoms with Crippen LogP contribution in [0.25, 0.3) is 0 Å². The second-order valence-corrected chi connectivity index (χ2v) is 6.09. The van der Waals surface area contributed by atoms with Gasteiger partial charge in [-0.1, -0.05) is 12.1 Å². The van der Waals surface area contributed by atoms with Crippen LogP contribution in [0.3, 0.4) is 0 Å². The number of amides is 1. The van der Waals surface area contributed by atoms with Crippen LogP contribution in [0, 0.1) is 11.7 Å². The lowest BCUT2D eigenvalue weighted by molar-refractivity contribution is -0.126. The molecule has 1 aromatic rings. The SMILES string of the molecule is O=C(NCC1CCCO1)C1CCN(c2ccccc2F)CC1. The number of benzene rings is 1. The predicted octanol–water partition coefficient (Wildman–Crippen LogP) is 2.34. The summed E-state index contributed by atoms with van der Waals surface area (Å²) in [4.78, 5) is 14.2. The van der Waals surface area contributed by atoms with Crippen LogP contribution in [-0.2, 0) is 9.53 Å². The van der Waals surface area contributed by atoms with Gasteiger partial charge in [0.25, 0.3) is 0 Å². The van der Waals surface area contributed by atoms with Crippen LogP contribution in [0.5, 0.6) is 0 Å². The van der Waals surface area contributed by atoms with Gasteiger partial charge < -0.3 is 15.0 Å². The lowest BCUT2D eigenvalue weighted by Gasteiger charge is -2.33. The summed E-state index contributed by atoms with van der Waals surface area (Å²) in [6, 6.07) is 6.83. The molecule has 120 valence electrons. The standard InChI is InChI=1S/C17H23FN2O2/c18-15-5-1-2-6-16(15)20-9-7-13(8-10-20)17(21)19-12-14-4-3-11-22-14/h1-2,5-6,13-14H,3-4,7-12H2,(H,19,21). The predicted molar refractivity (Wildman–Crippen MR) is 83.3 cm³/mol. The summed E-state index contributed by atoms with van der Waals surface area (Å²) < 4.78 is 19.3. The van der Waals surface area contributed by atoms with Gasteiger partial charge in [0.15, 0.2) is 0 Å². The van der Waals surface area contributed by atoms with Gasteiger partial charge in [0.2, 0.25) is 5.91 Å². The molecule has 1 atom stereocenters. The smallest absolute Gasteiger partial charge is 0.223 e. The molecule has 1 amide bonds. The van der Waals surface area contributed by atoms with E-state index in [-0.39, 0.29) is 23.7 Å². The fraction of sp³-hybridized carbons (Fsp3) is 0.588. The third-order valence-corrected chi connectivity index (χ3v) is 4.59. The van der Waals surface area contributed by atoms with Crippen molar-refractivity contribution in [1.82, 2.24) is 5.32 Å². The maximum absolute atomic E-state index is 13.8. The van der Waals surface area contributed by atoms with E-state index in [9.17, 15) is 9.18 Å². The zero-order chi connectivity index (χ0) is 15.4. The van der Waals surface area contributed by atoms with Crippen LogP contribution in [0.15, 0.2) is 24.3 Å². The first-order valence-corrected chi connectivity index (χ1v) is 8.13. The zero-order valence-electron chi connectivity index (χ0n) is 12.8. The maximum Gasteiger partial charge on any atom is 0.223 e. The van der Waals surface area contributed by atoms with Gasteiger partial charge in [0.1, 0.15) is 5.82 Å². The van der Waals surface area contributed by atoms with Crippen molar-refractivity contribution in [3.05, 3.63) is 30.1 Å². The highest BCUT2D eigenvalue weighted by Crippen LogP contribution is 2.25. The van der Waals surface area contributed by atoms with E-state index < -0.39 is 0 Å². The summed E-state index contributed by atoms with van der Waals surface area (Å²) in [5, 5.41) is 3.00. The minimum atomic E-state index is -0.191. The van der Waals surface area contributed by atoms with Crippen molar-refractivity contribution in [2.75, 3.05) is 31.1 Å². The molecule has 2 aliphatic heterocycles. The molecule has 4 nitrogen and oxygen atoms in total. The monoisotopic (exact) mass is 306 g/mol. The van der Waals surface area contributed by atoms with Crippen LogP contribution in [0.1, 0.15) is 25.7 Å². The van der Waals surface area contributed by atoms with Gasteiger partial charge in [-0.3, -0.25) is 4.79 Å². The molecule has 2 aliphatic rings. The molecule has 1 aromatic carbocycles. The highest BCUT2D eigenvalue weighted by molar-refractivity contribution is 5.79. The molecule has 1 N–H and O–H groups in total. The highest BCUT2D eigenvalue weighted by Gasteiger charge is 2.26. The molecule has 22 heavy (non-hydrogen) atoms. The molecule has 0 bridgehead atoms. The Bertz CT molecular complexity index is 509. The summed E-state index contributed by atoms with van der Waals surface area (Å²) in [6.07, 6.45) is 3.84. The van der Waals surface area contributed by atoms with Crippen LogP contribution >= 0.6 is 0 Å². The molecular formula is C17H23FN2O2. The molecule has 0 radical (unpaired) electrons. The Balaban J connectivity index is 1.46. The lowest BCUT2D eigenvalue weighted by Crippen LogP contribution is -2.42. The third-order valence-electron chi connectivity index (χ3n) is 4.59. The fourth-order valence-electron chi connectivity index (χ4n) is 3.25. The van der Waals surface area contributed by atoms with Crippen LogP contribution in [0.2, 0.25) is 0 Å². The van der Waals surface area contributed by atoms with Gasteiger partial charge in [-0.15, -0.1) is 0 Å². The van der Waals surface area contributed by atoms with Gasteiger partial charge in [0, 0.05) is 32.2 Å². The van der Waals surface area contributed by atoms with Crippen molar-refractivity contribution in [1.29, 1.82) is 0 Å². The molecule has 0 aromatic heterocycles. The molecule has 0 saturated carbocycles. The molecule has 0 spiro atoms. The van der Waals surface area contributed by atoms with E-state index in [1.807, 2.05) is 11.0 Å². The Morgan fingerprint density at radius 2 is 2.05 bits per heavy atom. The third kappa shape index (κ3) is 3.58. The number of anilines is 1. The molecule has 0 aliphatic carbocycles. The second-order valence-electron chi connectivity index (χ2n) is 6.09. The van der Waals surface area contributed by atoms with E-state index in [2.05, 4.69) is 5.32 Å². The van der Waals surface area contributed by atoms with Crippen molar-refractivity contribution in [2.24, 2.45) is 5.92 Å². The minimum absolute atomic E-state index is 0.0319. The first-order chi connectivity index (χ1) is 10.7. The molecular weight excluding hydrogens is 283 g/mol. The van der Waals surface area contributed by atoms with Crippen molar-refractivity contribution >= 4 is 11.6 Å². The number of halogens is 1. The van der Waals surface area contributed by atoms with Gasteiger partial charge >= 0.3 is 0 Å². The van der Waals surface area contributed by atoms with Gasteiger partial charge in [0.05, 0.1) is 11.8 Å². The summed E-state index contributed by atoms with van der Waals surface area (Å²) in [5.41, 5.74) is 0.640. The lowest BCUT2D eigenvalue weighted by atomic mass is 9.95. The van der Waals surface area contributed by atoms with Gasteiger partial charge in [-0.05, 0) is 37.8 Å². The minimum Gasteiger partial charge on any atom is -0.376 e.